The molecule has 1 aliphatic rings. The molecule has 0 bridgehead atoms. The van der Waals surface area contributed by atoms with Crippen molar-refractivity contribution in [3.8, 4) is 0 Å². The van der Waals surface area contributed by atoms with Gasteiger partial charge in [-0.15, -0.1) is 0 Å². The number of hydrogen-bond acceptors (Lipinski definition) is 3. The molecule has 0 saturated carbocycles. The van der Waals surface area contributed by atoms with Gasteiger partial charge >= 0.3 is 5.97 Å². The third kappa shape index (κ3) is 2.74. The zero-order valence-corrected chi connectivity index (χ0v) is 17.0. The average molecular weight is 342 g/mol. The molecule has 1 aliphatic carbocycles. The Hall–Kier alpha value is -1.90. The molecule has 0 fully saturated rings. The highest BCUT2D eigenvalue weighted by Crippen LogP contribution is 2.58. The molecule has 0 aliphatic heterocycles. The van der Waals surface area contributed by atoms with Gasteiger partial charge in [0.15, 0.2) is 5.78 Å². The molecule has 25 heavy (non-hydrogen) atoms. The van der Waals surface area contributed by atoms with Crippen LogP contribution in [0, 0.1) is 37.0 Å². The first kappa shape index (κ1) is 19.4. The van der Waals surface area contributed by atoms with E-state index in [4.69, 9.17) is 4.74 Å². The molecular formula is C22H30O3. The molecule has 0 unspecified atom stereocenters. The Labute approximate surface area is 151 Å². The number of benzene rings is 1. The standard InChI is InChI=1S/C22H30O3/c1-13-10-11-16(15(3)14(13)2)19(24)25-18-12-17(23)20(4,5)22(8,9)21(18,6)7/h10-12H,1-9H3. The van der Waals surface area contributed by atoms with E-state index in [1.54, 1.807) is 6.07 Å². The van der Waals surface area contributed by atoms with Gasteiger partial charge in [-0.3, -0.25) is 4.79 Å². The van der Waals surface area contributed by atoms with E-state index in [1.165, 1.54) is 6.08 Å². The van der Waals surface area contributed by atoms with E-state index >= 15 is 0 Å². The molecule has 1 aromatic carbocycles. The summed E-state index contributed by atoms with van der Waals surface area (Å²) in [6, 6.07) is 3.73. The Bertz CT molecular complexity index is 777. The van der Waals surface area contributed by atoms with Crippen LogP contribution in [0.1, 0.15) is 68.6 Å². The summed E-state index contributed by atoms with van der Waals surface area (Å²) in [5.74, 6) is 0.0455. The van der Waals surface area contributed by atoms with Crippen molar-refractivity contribution in [3.63, 3.8) is 0 Å². The van der Waals surface area contributed by atoms with Gasteiger partial charge in [0.05, 0.1) is 5.56 Å². The molecule has 0 aromatic heterocycles. The van der Waals surface area contributed by atoms with Crippen LogP contribution in [0.25, 0.3) is 0 Å². The van der Waals surface area contributed by atoms with Gasteiger partial charge in [-0.2, -0.15) is 0 Å². The second-order valence-electron chi connectivity index (χ2n) is 8.82. The SMILES string of the molecule is Cc1ccc(C(=O)OC2=CC(=O)C(C)(C)C(C)(C)C2(C)C)c(C)c1C. The fourth-order valence-corrected chi connectivity index (χ4v) is 3.37. The van der Waals surface area contributed by atoms with Crippen LogP contribution in [-0.4, -0.2) is 11.8 Å². The van der Waals surface area contributed by atoms with Gasteiger partial charge in [-0.05, 0) is 48.9 Å². The highest BCUT2D eigenvalue weighted by atomic mass is 16.5. The third-order valence-electron chi connectivity index (χ3n) is 7.10. The predicted molar refractivity (Wildman–Crippen MR) is 101 cm³/mol. The number of aryl methyl sites for hydroxylation is 1. The molecule has 3 nitrogen and oxygen atoms in total. The molecule has 0 spiro atoms. The minimum absolute atomic E-state index is 0.00330. The summed E-state index contributed by atoms with van der Waals surface area (Å²) in [6.07, 6.45) is 1.51. The molecule has 2 rings (SSSR count). The molecule has 3 heteroatoms. The molecule has 0 heterocycles. The first-order valence-electron chi connectivity index (χ1n) is 8.80. The summed E-state index contributed by atoms with van der Waals surface area (Å²) in [5, 5.41) is 0. The molecule has 0 amide bonds. The summed E-state index contributed by atoms with van der Waals surface area (Å²) in [6.45, 7) is 18.1. The number of hydrogen-bond donors (Lipinski definition) is 0. The number of ether oxygens (including phenoxy) is 1. The summed E-state index contributed by atoms with van der Waals surface area (Å²) < 4.78 is 5.77. The maximum absolute atomic E-state index is 12.8. The highest BCUT2D eigenvalue weighted by Gasteiger charge is 2.57. The number of esters is 1. The smallest absolute Gasteiger partial charge is 0.343 e. The third-order valence-corrected chi connectivity index (χ3v) is 7.10. The van der Waals surface area contributed by atoms with Gasteiger partial charge in [0.2, 0.25) is 0 Å². The Morgan fingerprint density at radius 3 is 2.00 bits per heavy atom. The molecule has 0 radical (unpaired) electrons. The van der Waals surface area contributed by atoms with Gasteiger partial charge in [0, 0.05) is 16.9 Å². The quantitative estimate of drug-likeness (QED) is 0.684. The first-order chi connectivity index (χ1) is 11.2. The van der Waals surface area contributed by atoms with E-state index in [9.17, 15) is 9.59 Å². The van der Waals surface area contributed by atoms with Gasteiger partial charge in [0.25, 0.3) is 0 Å². The van der Waals surface area contributed by atoms with E-state index < -0.39 is 16.8 Å². The monoisotopic (exact) mass is 342 g/mol. The Kier molecular flexibility index (Phi) is 4.53. The van der Waals surface area contributed by atoms with Crippen molar-refractivity contribution in [3.05, 3.63) is 46.2 Å². The lowest BCUT2D eigenvalue weighted by molar-refractivity contribution is -0.137. The molecule has 1 aromatic rings. The van der Waals surface area contributed by atoms with E-state index in [1.807, 2.05) is 54.5 Å². The van der Waals surface area contributed by atoms with Crippen molar-refractivity contribution < 1.29 is 14.3 Å². The summed E-state index contributed by atoms with van der Waals surface area (Å²) in [5.41, 5.74) is 2.36. The molecular weight excluding hydrogens is 312 g/mol. The van der Waals surface area contributed by atoms with Crippen LogP contribution >= 0.6 is 0 Å². The first-order valence-corrected chi connectivity index (χ1v) is 8.80. The second-order valence-corrected chi connectivity index (χ2v) is 8.82. The van der Waals surface area contributed by atoms with Crippen LogP contribution in [0.4, 0.5) is 0 Å². The van der Waals surface area contributed by atoms with Crippen LogP contribution < -0.4 is 0 Å². The minimum Gasteiger partial charge on any atom is -0.427 e. The van der Waals surface area contributed by atoms with Crippen molar-refractivity contribution in [2.45, 2.75) is 62.3 Å². The molecule has 136 valence electrons. The normalized spacial score (nSPS) is 20.8. The Morgan fingerprint density at radius 1 is 0.880 bits per heavy atom. The van der Waals surface area contributed by atoms with Gasteiger partial charge in [-0.25, -0.2) is 4.79 Å². The lowest BCUT2D eigenvalue weighted by Gasteiger charge is -2.53. The van der Waals surface area contributed by atoms with Crippen molar-refractivity contribution in [2.75, 3.05) is 0 Å². The van der Waals surface area contributed by atoms with Crippen LogP contribution in [0.15, 0.2) is 24.0 Å². The van der Waals surface area contributed by atoms with Crippen molar-refractivity contribution in [2.24, 2.45) is 16.2 Å². The minimum atomic E-state index is -0.525. The zero-order valence-electron chi connectivity index (χ0n) is 17.0. The van der Waals surface area contributed by atoms with E-state index in [2.05, 4.69) is 13.8 Å². The van der Waals surface area contributed by atoms with Gasteiger partial charge in [0.1, 0.15) is 5.76 Å². The topological polar surface area (TPSA) is 43.4 Å². The number of allylic oxidation sites excluding steroid dienone is 2. The summed E-state index contributed by atoms with van der Waals surface area (Å²) in [4.78, 5) is 25.4. The molecule has 0 saturated heterocycles. The Morgan fingerprint density at radius 2 is 1.44 bits per heavy atom. The Balaban J connectivity index is 2.45. The second kappa shape index (κ2) is 5.82. The van der Waals surface area contributed by atoms with E-state index in [-0.39, 0.29) is 11.2 Å². The number of carbonyl (C=O) groups excluding carboxylic acids is 2. The summed E-state index contributed by atoms with van der Waals surface area (Å²) >= 11 is 0. The fraction of sp³-hybridized carbons (Fsp3) is 0.545. The van der Waals surface area contributed by atoms with Crippen LogP contribution in [0.5, 0.6) is 0 Å². The zero-order chi connectivity index (χ0) is 19.4. The number of rotatable bonds is 2. The largest absolute Gasteiger partial charge is 0.427 e. The van der Waals surface area contributed by atoms with Crippen molar-refractivity contribution in [1.82, 2.24) is 0 Å². The maximum atomic E-state index is 12.8. The summed E-state index contributed by atoms with van der Waals surface area (Å²) in [7, 11) is 0. The number of ketones is 1. The fourth-order valence-electron chi connectivity index (χ4n) is 3.37. The van der Waals surface area contributed by atoms with Crippen LogP contribution in [-0.2, 0) is 9.53 Å². The van der Waals surface area contributed by atoms with Crippen LogP contribution in [0.3, 0.4) is 0 Å². The lowest BCUT2D eigenvalue weighted by atomic mass is 9.50. The predicted octanol–water partition coefficient (Wildman–Crippen LogP) is 5.31. The molecule has 0 atom stereocenters. The highest BCUT2D eigenvalue weighted by molar-refractivity contribution is 5.98. The van der Waals surface area contributed by atoms with E-state index in [0.29, 0.717) is 11.3 Å². The average Bonchev–Trinajstić information content (AvgIpc) is 2.50. The van der Waals surface area contributed by atoms with Gasteiger partial charge < -0.3 is 4.74 Å². The van der Waals surface area contributed by atoms with Gasteiger partial charge in [-0.1, -0.05) is 47.6 Å². The van der Waals surface area contributed by atoms with Crippen LogP contribution in [0.2, 0.25) is 0 Å². The maximum Gasteiger partial charge on any atom is 0.343 e. The number of carbonyl (C=O) groups is 2. The molecule has 0 N–H and O–H groups in total. The van der Waals surface area contributed by atoms with Crippen molar-refractivity contribution in [1.29, 1.82) is 0 Å². The van der Waals surface area contributed by atoms with E-state index in [0.717, 1.165) is 16.7 Å². The van der Waals surface area contributed by atoms with Crippen molar-refractivity contribution >= 4 is 11.8 Å². The lowest BCUT2D eigenvalue weighted by Crippen LogP contribution is -2.53.